The molecule has 3 fully saturated rings. The Hall–Kier alpha value is -3.28. The first-order valence-corrected chi connectivity index (χ1v) is 14.0. The molecule has 2 aromatic carbocycles. The summed E-state index contributed by atoms with van der Waals surface area (Å²) in [6.45, 7) is 3.21. The number of ether oxygens (including phenoxy) is 1. The molecule has 0 bridgehead atoms. The number of likely N-dealkylation sites (tertiary alicyclic amines) is 1. The lowest BCUT2D eigenvalue weighted by atomic mass is 9.76. The molecule has 1 aliphatic carbocycles. The lowest BCUT2D eigenvalue weighted by molar-refractivity contribution is -0.141. The van der Waals surface area contributed by atoms with E-state index in [1.807, 2.05) is 6.92 Å². The zero-order valence-corrected chi connectivity index (χ0v) is 22.8. The van der Waals surface area contributed by atoms with E-state index in [-0.39, 0.29) is 35.9 Å². The number of carbonyl (C=O) groups excluding carboxylic acids is 1. The highest BCUT2D eigenvalue weighted by Gasteiger charge is 2.62. The van der Waals surface area contributed by atoms with Crippen LogP contribution in [0.3, 0.4) is 0 Å². The summed E-state index contributed by atoms with van der Waals surface area (Å²) in [5.74, 6) is -1.55. The lowest BCUT2D eigenvalue weighted by Crippen LogP contribution is -2.42. The minimum absolute atomic E-state index is 0.0558. The summed E-state index contributed by atoms with van der Waals surface area (Å²) in [6.07, 6.45) is -6.65. The van der Waals surface area contributed by atoms with Crippen molar-refractivity contribution < 1.29 is 45.8 Å². The van der Waals surface area contributed by atoms with E-state index in [1.54, 1.807) is 4.90 Å². The van der Waals surface area contributed by atoms with Gasteiger partial charge in [-0.15, -0.1) is 0 Å². The van der Waals surface area contributed by atoms with Gasteiger partial charge in [-0.1, -0.05) is 6.92 Å². The SMILES string of the molecule is CC1C2Oc3ccc(C(F)(F)F)cc3CN2C(=O)[C@]12CC[C@@H](N1CCC(c3cc(C(=O)O)cc(C(F)(F)F)c3)CC1)C2. The zero-order valence-electron chi connectivity index (χ0n) is 22.8. The molecule has 42 heavy (non-hydrogen) atoms. The Labute approximate surface area is 238 Å². The number of piperidine rings is 1. The average Bonchev–Trinajstić information content (AvgIpc) is 3.47. The highest BCUT2D eigenvalue weighted by atomic mass is 19.4. The standard InChI is InChI=1S/C30H30F6N2O4/c1-16-25-38(15-20-13-21(29(31,32)33)2-3-24(20)42-25)27(41)28(16)7-4-23(14-28)37-8-5-17(6-9-37)18-10-19(26(39)40)12-22(11-18)30(34,35)36/h2-3,10-13,16-17,23,25H,4-9,14-15H2,1H3,(H,39,40)/t16?,23-,25?,28+/m1/s1. The molecular weight excluding hydrogens is 566 g/mol. The molecule has 2 aromatic rings. The molecular formula is C30H30F6N2O4. The zero-order chi connectivity index (χ0) is 30.2. The number of fused-ring (bicyclic) bond motifs is 2. The van der Waals surface area contributed by atoms with Gasteiger partial charge in [-0.2, -0.15) is 26.3 Å². The number of hydrogen-bond donors (Lipinski definition) is 1. The highest BCUT2D eigenvalue weighted by Crippen LogP contribution is 2.56. The summed E-state index contributed by atoms with van der Waals surface area (Å²) in [6, 6.07) is 6.46. The predicted octanol–water partition coefficient (Wildman–Crippen LogP) is 6.54. The Morgan fingerprint density at radius 2 is 1.67 bits per heavy atom. The number of aromatic carboxylic acids is 1. The van der Waals surface area contributed by atoms with Crippen molar-refractivity contribution in [2.24, 2.45) is 11.3 Å². The smallest absolute Gasteiger partial charge is 0.416 e. The van der Waals surface area contributed by atoms with E-state index >= 15 is 0 Å². The summed E-state index contributed by atoms with van der Waals surface area (Å²) in [4.78, 5) is 29.1. The minimum Gasteiger partial charge on any atom is -0.478 e. The van der Waals surface area contributed by atoms with E-state index in [0.717, 1.165) is 24.6 Å². The van der Waals surface area contributed by atoms with Gasteiger partial charge in [0.15, 0.2) is 6.23 Å². The maximum absolute atomic E-state index is 13.8. The van der Waals surface area contributed by atoms with Crippen LogP contribution in [0.5, 0.6) is 5.75 Å². The second-order valence-corrected chi connectivity index (χ2v) is 12.1. The summed E-state index contributed by atoms with van der Waals surface area (Å²) < 4.78 is 86.2. The molecule has 12 heteroatoms. The van der Waals surface area contributed by atoms with Crippen molar-refractivity contribution >= 4 is 11.9 Å². The molecule has 1 N–H and O–H groups in total. The van der Waals surface area contributed by atoms with Crippen LogP contribution in [0.2, 0.25) is 0 Å². The molecule has 0 radical (unpaired) electrons. The van der Waals surface area contributed by atoms with Crippen molar-refractivity contribution in [3.63, 3.8) is 0 Å². The van der Waals surface area contributed by atoms with Gasteiger partial charge in [0, 0.05) is 17.5 Å². The normalized spacial score (nSPS) is 28.6. The van der Waals surface area contributed by atoms with Gasteiger partial charge in [0.1, 0.15) is 5.75 Å². The summed E-state index contributed by atoms with van der Waals surface area (Å²) >= 11 is 0. The number of hydrogen-bond acceptors (Lipinski definition) is 4. The maximum Gasteiger partial charge on any atom is 0.416 e. The average molecular weight is 597 g/mol. The van der Waals surface area contributed by atoms with Crippen LogP contribution in [-0.2, 0) is 23.7 Å². The Bertz CT molecular complexity index is 1420. The van der Waals surface area contributed by atoms with E-state index in [1.165, 1.54) is 12.1 Å². The molecule has 4 aliphatic rings. The number of carboxylic acid groups (broad SMARTS) is 1. The Balaban J connectivity index is 1.14. The van der Waals surface area contributed by atoms with Crippen LogP contribution >= 0.6 is 0 Å². The molecule has 1 amide bonds. The highest BCUT2D eigenvalue weighted by molar-refractivity contribution is 5.88. The largest absolute Gasteiger partial charge is 0.478 e. The van der Waals surface area contributed by atoms with Crippen molar-refractivity contribution in [3.8, 4) is 5.75 Å². The molecule has 0 aromatic heterocycles. The first-order valence-electron chi connectivity index (χ1n) is 14.0. The summed E-state index contributed by atoms with van der Waals surface area (Å²) in [5.41, 5.74) is -2.14. The van der Waals surface area contributed by atoms with Crippen molar-refractivity contribution in [3.05, 3.63) is 64.2 Å². The number of carbonyl (C=O) groups is 2. The van der Waals surface area contributed by atoms with Crippen LogP contribution in [0, 0.1) is 11.3 Å². The number of halogens is 6. The quantitative estimate of drug-likeness (QED) is 0.408. The van der Waals surface area contributed by atoms with E-state index in [0.29, 0.717) is 61.7 Å². The molecule has 2 saturated heterocycles. The van der Waals surface area contributed by atoms with Gasteiger partial charge in [-0.05, 0) is 93.1 Å². The fourth-order valence-electron chi connectivity index (χ4n) is 7.52. The second-order valence-electron chi connectivity index (χ2n) is 12.1. The molecule has 4 atom stereocenters. The van der Waals surface area contributed by atoms with Crippen LogP contribution < -0.4 is 4.74 Å². The van der Waals surface area contributed by atoms with Crippen molar-refractivity contribution in [1.29, 1.82) is 0 Å². The van der Waals surface area contributed by atoms with Gasteiger partial charge >= 0.3 is 18.3 Å². The number of amides is 1. The van der Waals surface area contributed by atoms with Crippen molar-refractivity contribution in [2.45, 2.75) is 76.1 Å². The maximum atomic E-state index is 13.8. The number of nitrogens with zero attached hydrogens (tertiary/aromatic N) is 2. The number of rotatable bonds is 3. The topological polar surface area (TPSA) is 70.1 Å². The Morgan fingerprint density at radius 3 is 2.31 bits per heavy atom. The van der Waals surface area contributed by atoms with Gasteiger partial charge in [-0.25, -0.2) is 4.79 Å². The molecule has 6 nitrogen and oxygen atoms in total. The number of alkyl halides is 6. The molecule has 2 unspecified atom stereocenters. The molecule has 3 heterocycles. The molecule has 6 rings (SSSR count). The molecule has 1 spiro atoms. The fourth-order valence-corrected chi connectivity index (χ4v) is 7.52. The van der Waals surface area contributed by atoms with E-state index in [9.17, 15) is 41.0 Å². The monoisotopic (exact) mass is 596 g/mol. The molecule has 226 valence electrons. The first kappa shape index (κ1) is 28.8. The van der Waals surface area contributed by atoms with Gasteiger partial charge < -0.3 is 19.6 Å². The molecule has 1 saturated carbocycles. The van der Waals surface area contributed by atoms with Gasteiger partial charge in [0.25, 0.3) is 0 Å². The third kappa shape index (κ3) is 4.81. The van der Waals surface area contributed by atoms with Crippen molar-refractivity contribution in [1.82, 2.24) is 9.80 Å². The van der Waals surface area contributed by atoms with E-state index < -0.39 is 41.1 Å². The predicted molar refractivity (Wildman–Crippen MR) is 138 cm³/mol. The van der Waals surface area contributed by atoms with Crippen LogP contribution in [-0.4, -0.2) is 52.1 Å². The van der Waals surface area contributed by atoms with Crippen LogP contribution in [0.4, 0.5) is 26.3 Å². The number of benzene rings is 2. The third-order valence-electron chi connectivity index (χ3n) is 9.84. The second kappa shape index (κ2) is 9.89. The summed E-state index contributed by atoms with van der Waals surface area (Å²) in [5, 5.41) is 9.34. The van der Waals surface area contributed by atoms with Crippen LogP contribution in [0.25, 0.3) is 0 Å². The Kier molecular flexibility index (Phi) is 6.79. The third-order valence-corrected chi connectivity index (χ3v) is 9.84. The van der Waals surface area contributed by atoms with Gasteiger partial charge in [0.2, 0.25) is 5.91 Å². The van der Waals surface area contributed by atoms with Gasteiger partial charge in [0.05, 0.1) is 28.7 Å². The van der Waals surface area contributed by atoms with Gasteiger partial charge in [-0.3, -0.25) is 4.79 Å². The first-order chi connectivity index (χ1) is 19.7. The van der Waals surface area contributed by atoms with Crippen LogP contribution in [0.1, 0.15) is 77.6 Å². The number of carboxylic acids is 1. The fraction of sp³-hybridized carbons (Fsp3) is 0.533. The Morgan fingerprint density at radius 1 is 0.976 bits per heavy atom. The van der Waals surface area contributed by atoms with E-state index in [2.05, 4.69) is 4.90 Å². The van der Waals surface area contributed by atoms with Crippen LogP contribution in [0.15, 0.2) is 36.4 Å². The van der Waals surface area contributed by atoms with Crippen molar-refractivity contribution in [2.75, 3.05) is 13.1 Å². The minimum atomic E-state index is -4.65. The van der Waals surface area contributed by atoms with E-state index in [4.69, 9.17) is 4.74 Å². The lowest BCUT2D eigenvalue weighted by Gasteiger charge is -2.37. The molecule has 3 aliphatic heterocycles. The summed E-state index contributed by atoms with van der Waals surface area (Å²) in [7, 11) is 0.